The average Bonchev–Trinajstić information content (AvgIpc) is 2.87. The van der Waals surface area contributed by atoms with E-state index in [1.165, 1.54) is 18.2 Å². The van der Waals surface area contributed by atoms with Gasteiger partial charge in [-0.2, -0.15) is 0 Å². The number of hydrogen-bond donors (Lipinski definition) is 4. The minimum absolute atomic E-state index is 0.144. The number of carbonyl (C=O) groups is 2. The maximum Gasteiger partial charge on any atom is 0.354 e. The SMILES string of the molecule is NS(=O)(=O)c1cccc(NC(=O)c2nc[nH]c2C(=O)O)c1. The molecule has 1 aromatic heterocycles. The van der Waals surface area contributed by atoms with Crippen molar-refractivity contribution >= 4 is 27.6 Å². The van der Waals surface area contributed by atoms with Crippen molar-refractivity contribution < 1.29 is 23.1 Å². The fourth-order valence-corrected chi connectivity index (χ4v) is 2.13. The molecule has 110 valence electrons. The van der Waals surface area contributed by atoms with Gasteiger partial charge in [-0.1, -0.05) is 6.07 Å². The van der Waals surface area contributed by atoms with Crippen LogP contribution in [0.25, 0.3) is 0 Å². The number of benzene rings is 1. The number of nitrogens with one attached hydrogen (secondary N) is 2. The quantitative estimate of drug-likeness (QED) is 0.623. The largest absolute Gasteiger partial charge is 0.477 e. The first-order chi connectivity index (χ1) is 9.79. The topological polar surface area (TPSA) is 155 Å². The molecule has 10 heteroatoms. The Balaban J connectivity index is 2.28. The number of aromatic amines is 1. The van der Waals surface area contributed by atoms with Crippen LogP contribution < -0.4 is 10.5 Å². The molecule has 0 saturated carbocycles. The molecule has 0 bridgehead atoms. The van der Waals surface area contributed by atoms with Gasteiger partial charge in [0.05, 0.1) is 11.2 Å². The summed E-state index contributed by atoms with van der Waals surface area (Å²) in [6.45, 7) is 0. The lowest BCUT2D eigenvalue weighted by Crippen LogP contribution is -2.17. The third-order valence-electron chi connectivity index (χ3n) is 2.49. The van der Waals surface area contributed by atoms with Crippen LogP contribution in [0.5, 0.6) is 0 Å². The number of carboxylic acids is 1. The smallest absolute Gasteiger partial charge is 0.354 e. The third-order valence-corrected chi connectivity index (χ3v) is 3.40. The van der Waals surface area contributed by atoms with Crippen molar-refractivity contribution in [2.75, 3.05) is 5.32 Å². The number of carboxylic acid groups (broad SMARTS) is 1. The number of amides is 1. The summed E-state index contributed by atoms with van der Waals surface area (Å²) in [4.78, 5) is 28.6. The summed E-state index contributed by atoms with van der Waals surface area (Å²) >= 11 is 0. The summed E-state index contributed by atoms with van der Waals surface area (Å²) in [7, 11) is -3.90. The highest BCUT2D eigenvalue weighted by Crippen LogP contribution is 2.15. The molecular weight excluding hydrogens is 300 g/mol. The van der Waals surface area contributed by atoms with Crippen LogP contribution >= 0.6 is 0 Å². The van der Waals surface area contributed by atoms with Gasteiger partial charge in [0.1, 0.15) is 0 Å². The Morgan fingerprint density at radius 3 is 2.67 bits per heavy atom. The number of hydrogen-bond acceptors (Lipinski definition) is 5. The second-order valence-corrected chi connectivity index (χ2v) is 5.52. The van der Waals surface area contributed by atoms with E-state index in [9.17, 15) is 18.0 Å². The molecule has 0 aliphatic rings. The van der Waals surface area contributed by atoms with Crippen molar-refractivity contribution in [3.63, 3.8) is 0 Å². The fourth-order valence-electron chi connectivity index (χ4n) is 1.57. The van der Waals surface area contributed by atoms with Crippen LogP contribution in [-0.4, -0.2) is 35.4 Å². The van der Waals surface area contributed by atoms with Gasteiger partial charge >= 0.3 is 5.97 Å². The van der Waals surface area contributed by atoms with E-state index >= 15 is 0 Å². The van der Waals surface area contributed by atoms with Crippen LogP contribution in [0.15, 0.2) is 35.5 Å². The second-order valence-electron chi connectivity index (χ2n) is 3.96. The molecule has 1 aromatic carbocycles. The Morgan fingerprint density at radius 1 is 1.33 bits per heavy atom. The summed E-state index contributed by atoms with van der Waals surface area (Å²) in [5.74, 6) is -2.13. The number of aromatic nitrogens is 2. The highest BCUT2D eigenvalue weighted by molar-refractivity contribution is 7.89. The summed E-state index contributed by atoms with van der Waals surface area (Å²) < 4.78 is 22.4. The lowest BCUT2D eigenvalue weighted by atomic mass is 10.2. The van der Waals surface area contributed by atoms with Gasteiger partial charge in [-0.15, -0.1) is 0 Å². The first-order valence-electron chi connectivity index (χ1n) is 5.50. The molecule has 0 spiro atoms. The van der Waals surface area contributed by atoms with Crippen molar-refractivity contribution in [3.05, 3.63) is 42.0 Å². The zero-order valence-electron chi connectivity index (χ0n) is 10.4. The fraction of sp³-hybridized carbons (Fsp3) is 0. The number of H-pyrrole nitrogens is 1. The number of primary sulfonamides is 1. The molecule has 1 heterocycles. The van der Waals surface area contributed by atoms with E-state index in [1.54, 1.807) is 0 Å². The predicted octanol–water partition coefficient (Wildman–Crippen LogP) is 0.00760. The van der Waals surface area contributed by atoms with Crippen LogP contribution in [0.2, 0.25) is 0 Å². The van der Waals surface area contributed by atoms with Crippen LogP contribution in [0, 0.1) is 0 Å². The van der Waals surface area contributed by atoms with Crippen molar-refractivity contribution in [1.29, 1.82) is 0 Å². The molecule has 0 aliphatic carbocycles. The highest BCUT2D eigenvalue weighted by Gasteiger charge is 2.20. The second kappa shape index (κ2) is 5.34. The average molecular weight is 310 g/mol. The third kappa shape index (κ3) is 3.24. The van der Waals surface area contributed by atoms with Gasteiger partial charge in [0.15, 0.2) is 11.4 Å². The van der Waals surface area contributed by atoms with Crippen molar-refractivity contribution in [2.24, 2.45) is 5.14 Å². The molecule has 1 amide bonds. The maximum atomic E-state index is 11.9. The first kappa shape index (κ1) is 14.7. The number of nitrogens with two attached hydrogens (primary N) is 1. The molecule has 9 nitrogen and oxygen atoms in total. The number of sulfonamides is 1. The van der Waals surface area contributed by atoms with Crippen molar-refractivity contribution in [1.82, 2.24) is 9.97 Å². The molecule has 0 aliphatic heterocycles. The summed E-state index contributed by atoms with van der Waals surface area (Å²) in [5, 5.41) is 16.2. The Bertz CT molecular complexity index is 812. The lowest BCUT2D eigenvalue weighted by Gasteiger charge is -2.05. The van der Waals surface area contributed by atoms with Gasteiger partial charge in [0.25, 0.3) is 5.91 Å². The van der Waals surface area contributed by atoms with Crippen LogP contribution in [0.1, 0.15) is 21.0 Å². The Morgan fingerprint density at radius 2 is 2.05 bits per heavy atom. The maximum absolute atomic E-state index is 11.9. The van der Waals surface area contributed by atoms with E-state index in [1.807, 2.05) is 0 Å². The van der Waals surface area contributed by atoms with Gasteiger partial charge in [0, 0.05) is 5.69 Å². The Labute approximate surface area is 118 Å². The summed E-state index contributed by atoms with van der Waals surface area (Å²) in [6, 6.07) is 5.24. The number of imidazole rings is 1. The highest BCUT2D eigenvalue weighted by atomic mass is 32.2. The summed E-state index contributed by atoms with van der Waals surface area (Å²) in [5.41, 5.74) is -0.538. The number of nitrogens with zero attached hydrogens (tertiary/aromatic N) is 1. The predicted molar refractivity (Wildman–Crippen MR) is 71.3 cm³/mol. The number of rotatable bonds is 4. The lowest BCUT2D eigenvalue weighted by molar-refractivity contribution is 0.0686. The van der Waals surface area contributed by atoms with Crippen LogP contribution in [0.3, 0.4) is 0 Å². The molecule has 2 aromatic rings. The van der Waals surface area contributed by atoms with Crippen LogP contribution in [-0.2, 0) is 10.0 Å². The molecule has 21 heavy (non-hydrogen) atoms. The van der Waals surface area contributed by atoms with E-state index < -0.39 is 21.9 Å². The normalized spacial score (nSPS) is 11.1. The summed E-state index contributed by atoms with van der Waals surface area (Å²) in [6.07, 6.45) is 1.07. The van der Waals surface area contributed by atoms with Gasteiger partial charge in [-0.05, 0) is 18.2 Å². The van der Waals surface area contributed by atoms with E-state index in [2.05, 4.69) is 15.3 Å². The standard InChI is InChI=1S/C11H10N4O5S/c12-21(19,20)7-3-1-2-6(4-7)15-10(16)8-9(11(17)18)14-5-13-8/h1-5H,(H,13,14)(H,15,16)(H,17,18)(H2,12,19,20). The van der Waals surface area contributed by atoms with Gasteiger partial charge in [-0.25, -0.2) is 23.3 Å². The molecule has 2 rings (SSSR count). The Hall–Kier alpha value is -2.72. The molecule has 0 fully saturated rings. The number of aromatic carboxylic acids is 1. The molecule has 0 unspecified atom stereocenters. The van der Waals surface area contributed by atoms with E-state index in [0.29, 0.717) is 0 Å². The zero-order chi connectivity index (χ0) is 15.6. The molecule has 0 atom stereocenters. The first-order valence-corrected chi connectivity index (χ1v) is 7.04. The van der Waals surface area contributed by atoms with E-state index in [4.69, 9.17) is 10.2 Å². The molecule has 5 N–H and O–H groups in total. The van der Waals surface area contributed by atoms with Gasteiger partial charge in [0.2, 0.25) is 10.0 Å². The van der Waals surface area contributed by atoms with Gasteiger partial charge < -0.3 is 15.4 Å². The molecule has 0 radical (unpaired) electrons. The minimum Gasteiger partial charge on any atom is -0.477 e. The van der Waals surface area contributed by atoms with Crippen molar-refractivity contribution in [3.8, 4) is 0 Å². The van der Waals surface area contributed by atoms with Crippen LogP contribution in [0.4, 0.5) is 5.69 Å². The van der Waals surface area contributed by atoms with E-state index in [0.717, 1.165) is 12.4 Å². The minimum atomic E-state index is -3.90. The monoisotopic (exact) mass is 310 g/mol. The van der Waals surface area contributed by atoms with Crippen molar-refractivity contribution in [2.45, 2.75) is 4.90 Å². The van der Waals surface area contributed by atoms with Gasteiger partial charge in [-0.3, -0.25) is 4.79 Å². The van der Waals surface area contributed by atoms with E-state index in [-0.39, 0.29) is 22.0 Å². The number of anilines is 1. The molecular formula is C11H10N4O5S. The Kier molecular flexibility index (Phi) is 3.74. The number of carbonyl (C=O) groups excluding carboxylic acids is 1. The zero-order valence-corrected chi connectivity index (χ0v) is 11.2. The molecule has 0 saturated heterocycles.